The average molecular weight is 183 g/mol. The van der Waals surface area contributed by atoms with Crippen molar-refractivity contribution in [3.05, 3.63) is 11.6 Å². The van der Waals surface area contributed by atoms with Crippen molar-refractivity contribution in [3.8, 4) is 0 Å². The second-order valence-corrected chi connectivity index (χ2v) is 3.89. The number of aromatic nitrogens is 1. The molecule has 1 saturated heterocycles. The van der Waals surface area contributed by atoms with E-state index in [1.54, 1.807) is 11.3 Å². The maximum absolute atomic E-state index is 4.16. The number of likely N-dealkylation sites (tertiary alicyclic amines) is 1. The molecule has 0 bridgehead atoms. The van der Waals surface area contributed by atoms with Crippen LogP contribution in [0.4, 0.5) is 5.13 Å². The molecule has 0 amide bonds. The predicted octanol–water partition coefficient (Wildman–Crippen LogP) is 1.61. The minimum absolute atomic E-state index is 0.952. The molecule has 0 atom stereocenters. The zero-order chi connectivity index (χ0) is 8.23. The number of thiazole rings is 1. The summed E-state index contributed by atoms with van der Waals surface area (Å²) in [6, 6.07) is 0. The Morgan fingerprint density at radius 3 is 3.00 bits per heavy atom. The maximum Gasteiger partial charge on any atom is 0.183 e. The van der Waals surface area contributed by atoms with Gasteiger partial charge in [0, 0.05) is 11.6 Å². The van der Waals surface area contributed by atoms with Crippen LogP contribution >= 0.6 is 11.3 Å². The molecule has 1 aliphatic heterocycles. The van der Waals surface area contributed by atoms with Gasteiger partial charge in [-0.1, -0.05) is 0 Å². The Labute approximate surface area is 76.4 Å². The molecule has 12 heavy (non-hydrogen) atoms. The number of nitrogens with one attached hydrogen (secondary N) is 1. The van der Waals surface area contributed by atoms with Crippen LogP contribution in [0.2, 0.25) is 0 Å². The fourth-order valence-corrected chi connectivity index (χ4v) is 1.95. The topological polar surface area (TPSA) is 28.2 Å². The number of hydrogen-bond donors (Lipinski definition) is 1. The third-order valence-electron chi connectivity index (χ3n) is 2.08. The van der Waals surface area contributed by atoms with Crippen LogP contribution in [-0.4, -0.2) is 29.6 Å². The molecule has 0 saturated carbocycles. The second-order valence-electron chi connectivity index (χ2n) is 3.00. The highest BCUT2D eigenvalue weighted by molar-refractivity contribution is 7.13. The molecule has 2 rings (SSSR count). The zero-order valence-corrected chi connectivity index (χ0v) is 7.81. The molecule has 66 valence electrons. The van der Waals surface area contributed by atoms with Gasteiger partial charge in [0.1, 0.15) is 0 Å². The molecule has 3 nitrogen and oxygen atoms in total. The predicted molar refractivity (Wildman–Crippen MR) is 51.4 cm³/mol. The minimum atomic E-state index is 0.952. The van der Waals surface area contributed by atoms with Crippen molar-refractivity contribution in [1.29, 1.82) is 0 Å². The lowest BCUT2D eigenvalue weighted by Crippen LogP contribution is -2.25. The van der Waals surface area contributed by atoms with E-state index in [2.05, 4.69) is 15.2 Å². The number of anilines is 1. The van der Waals surface area contributed by atoms with E-state index in [9.17, 15) is 0 Å². The molecule has 2 heterocycles. The molecule has 0 radical (unpaired) electrons. The Balaban J connectivity index is 1.74. The van der Waals surface area contributed by atoms with Gasteiger partial charge in [0.25, 0.3) is 0 Å². The van der Waals surface area contributed by atoms with Crippen LogP contribution in [0.5, 0.6) is 0 Å². The molecule has 0 spiro atoms. The normalized spacial score (nSPS) is 18.3. The van der Waals surface area contributed by atoms with Gasteiger partial charge in [-0.15, -0.1) is 11.3 Å². The van der Waals surface area contributed by atoms with E-state index >= 15 is 0 Å². The van der Waals surface area contributed by atoms with Crippen molar-refractivity contribution in [2.45, 2.75) is 12.8 Å². The first kappa shape index (κ1) is 8.01. The standard InChI is InChI=1S/C8H13N3S/c1-2-5-11(4-1)7-10-8-9-3-6-12-8/h3,6H,1-2,4-5,7H2,(H,9,10). The van der Waals surface area contributed by atoms with Crippen LogP contribution in [0, 0.1) is 0 Å². The van der Waals surface area contributed by atoms with E-state index in [0.29, 0.717) is 0 Å². The van der Waals surface area contributed by atoms with Crippen LogP contribution in [0.25, 0.3) is 0 Å². The van der Waals surface area contributed by atoms with Gasteiger partial charge in [-0.25, -0.2) is 4.98 Å². The van der Waals surface area contributed by atoms with E-state index in [1.807, 2.05) is 11.6 Å². The number of hydrogen-bond acceptors (Lipinski definition) is 4. The van der Waals surface area contributed by atoms with E-state index < -0.39 is 0 Å². The fourth-order valence-electron chi connectivity index (χ4n) is 1.43. The summed E-state index contributed by atoms with van der Waals surface area (Å²) in [5.41, 5.74) is 0. The highest BCUT2D eigenvalue weighted by Gasteiger charge is 2.10. The van der Waals surface area contributed by atoms with Crippen LogP contribution in [0.1, 0.15) is 12.8 Å². The summed E-state index contributed by atoms with van der Waals surface area (Å²) in [6.07, 6.45) is 4.52. The Morgan fingerprint density at radius 1 is 1.50 bits per heavy atom. The molecule has 0 aliphatic carbocycles. The van der Waals surface area contributed by atoms with Crippen LogP contribution < -0.4 is 5.32 Å². The fraction of sp³-hybridized carbons (Fsp3) is 0.625. The third kappa shape index (κ3) is 1.95. The Morgan fingerprint density at radius 2 is 2.33 bits per heavy atom. The first-order valence-electron chi connectivity index (χ1n) is 4.31. The summed E-state index contributed by atoms with van der Waals surface area (Å²) in [5.74, 6) is 0. The highest BCUT2D eigenvalue weighted by atomic mass is 32.1. The van der Waals surface area contributed by atoms with Crippen molar-refractivity contribution in [2.75, 3.05) is 25.1 Å². The molecule has 1 aliphatic rings. The quantitative estimate of drug-likeness (QED) is 0.771. The molecular formula is C8H13N3S. The lowest BCUT2D eigenvalue weighted by atomic mass is 10.4. The lowest BCUT2D eigenvalue weighted by Gasteiger charge is -2.14. The van der Waals surface area contributed by atoms with Gasteiger partial charge in [-0.2, -0.15) is 0 Å². The number of nitrogens with zero attached hydrogens (tertiary/aromatic N) is 2. The summed E-state index contributed by atoms with van der Waals surface area (Å²) in [4.78, 5) is 6.58. The van der Waals surface area contributed by atoms with Gasteiger partial charge in [0.15, 0.2) is 5.13 Å². The summed E-state index contributed by atoms with van der Waals surface area (Å²) < 4.78 is 0. The van der Waals surface area contributed by atoms with Gasteiger partial charge in [0.05, 0.1) is 6.67 Å². The molecule has 1 fully saturated rings. The van der Waals surface area contributed by atoms with Crippen molar-refractivity contribution in [1.82, 2.24) is 9.88 Å². The summed E-state index contributed by atoms with van der Waals surface area (Å²) >= 11 is 1.66. The largest absolute Gasteiger partial charge is 0.349 e. The Kier molecular flexibility index (Phi) is 2.58. The van der Waals surface area contributed by atoms with Crippen molar-refractivity contribution in [3.63, 3.8) is 0 Å². The Hall–Kier alpha value is -0.610. The van der Waals surface area contributed by atoms with Gasteiger partial charge >= 0.3 is 0 Å². The molecule has 1 aromatic rings. The van der Waals surface area contributed by atoms with Crippen LogP contribution in [0.3, 0.4) is 0 Å². The van der Waals surface area contributed by atoms with Gasteiger partial charge in [-0.3, -0.25) is 4.90 Å². The van der Waals surface area contributed by atoms with Crippen LogP contribution in [0.15, 0.2) is 11.6 Å². The van der Waals surface area contributed by atoms with Crippen molar-refractivity contribution < 1.29 is 0 Å². The van der Waals surface area contributed by atoms with E-state index in [1.165, 1.54) is 25.9 Å². The van der Waals surface area contributed by atoms with Gasteiger partial charge in [-0.05, 0) is 25.9 Å². The first-order chi connectivity index (χ1) is 5.95. The van der Waals surface area contributed by atoms with Gasteiger partial charge < -0.3 is 5.32 Å². The van der Waals surface area contributed by atoms with Crippen molar-refractivity contribution >= 4 is 16.5 Å². The maximum atomic E-state index is 4.16. The molecule has 1 N–H and O–H groups in total. The molecule has 1 aromatic heterocycles. The third-order valence-corrected chi connectivity index (χ3v) is 2.82. The minimum Gasteiger partial charge on any atom is -0.349 e. The molecule has 4 heteroatoms. The van der Waals surface area contributed by atoms with Crippen molar-refractivity contribution in [2.24, 2.45) is 0 Å². The highest BCUT2D eigenvalue weighted by Crippen LogP contribution is 2.12. The molecule has 0 aromatic carbocycles. The SMILES string of the molecule is c1csc(NCN2CCCC2)n1. The first-order valence-corrected chi connectivity index (χ1v) is 5.19. The number of rotatable bonds is 3. The van der Waals surface area contributed by atoms with E-state index in [0.717, 1.165) is 11.8 Å². The summed E-state index contributed by atoms with van der Waals surface area (Å²) in [7, 11) is 0. The average Bonchev–Trinajstić information content (AvgIpc) is 2.74. The summed E-state index contributed by atoms with van der Waals surface area (Å²) in [6.45, 7) is 3.42. The monoisotopic (exact) mass is 183 g/mol. The molecule has 0 unspecified atom stereocenters. The van der Waals surface area contributed by atoms with E-state index in [-0.39, 0.29) is 0 Å². The Bertz CT molecular complexity index is 216. The molecular weight excluding hydrogens is 170 g/mol. The summed E-state index contributed by atoms with van der Waals surface area (Å²) in [5, 5.41) is 6.32. The second kappa shape index (κ2) is 3.87. The zero-order valence-electron chi connectivity index (χ0n) is 6.99. The van der Waals surface area contributed by atoms with Crippen LogP contribution in [-0.2, 0) is 0 Å². The van der Waals surface area contributed by atoms with E-state index in [4.69, 9.17) is 0 Å². The lowest BCUT2D eigenvalue weighted by molar-refractivity contribution is 0.364. The van der Waals surface area contributed by atoms with Gasteiger partial charge in [0.2, 0.25) is 0 Å². The smallest absolute Gasteiger partial charge is 0.183 e.